The Morgan fingerprint density at radius 2 is 2.33 bits per heavy atom. The zero-order chi connectivity index (χ0) is 13.2. The molecule has 0 saturated carbocycles. The highest BCUT2D eigenvalue weighted by atomic mass is 32.2. The first kappa shape index (κ1) is 14.6. The van der Waals surface area contributed by atoms with Gasteiger partial charge in [-0.2, -0.15) is 0 Å². The van der Waals surface area contributed by atoms with Crippen molar-refractivity contribution in [2.45, 2.75) is 13.3 Å². The summed E-state index contributed by atoms with van der Waals surface area (Å²) in [6.45, 7) is 3.60. The van der Waals surface area contributed by atoms with Gasteiger partial charge in [0.1, 0.15) is 5.75 Å². The van der Waals surface area contributed by atoms with E-state index in [-0.39, 0.29) is 0 Å². The van der Waals surface area contributed by atoms with Crippen molar-refractivity contribution in [1.82, 2.24) is 0 Å². The normalized spacial score (nSPS) is 9.78. The molecule has 18 heavy (non-hydrogen) atoms. The maximum atomic E-state index is 6.04. The third kappa shape index (κ3) is 4.80. The highest BCUT2D eigenvalue weighted by molar-refractivity contribution is 7.99. The van der Waals surface area contributed by atoms with E-state index in [2.05, 4.69) is 18.2 Å². The predicted octanol–water partition coefficient (Wildman–Crippen LogP) is 2.84. The van der Waals surface area contributed by atoms with Crippen LogP contribution in [0.1, 0.15) is 13.3 Å². The van der Waals surface area contributed by atoms with Gasteiger partial charge in [-0.1, -0.05) is 18.9 Å². The van der Waals surface area contributed by atoms with E-state index in [4.69, 9.17) is 16.9 Å². The molecule has 1 rings (SSSR count). The van der Waals surface area contributed by atoms with Crippen LogP contribution in [0.15, 0.2) is 18.2 Å². The van der Waals surface area contributed by atoms with Crippen molar-refractivity contribution in [3.63, 3.8) is 0 Å². The lowest BCUT2D eigenvalue weighted by Gasteiger charge is -2.13. The zero-order valence-electron chi connectivity index (χ0n) is 10.7. The van der Waals surface area contributed by atoms with Gasteiger partial charge in [-0.3, -0.25) is 0 Å². The molecule has 0 aliphatic rings. The van der Waals surface area contributed by atoms with Crippen LogP contribution in [0, 0.1) is 12.3 Å². The Kier molecular flexibility index (Phi) is 6.97. The Hall–Kier alpha value is -1.47. The Bertz CT molecular complexity index is 401. The molecule has 0 radical (unpaired) electrons. The maximum Gasteiger partial charge on any atom is 0.144 e. The van der Waals surface area contributed by atoms with E-state index in [1.165, 1.54) is 0 Å². The molecule has 0 bridgehead atoms. The molecule has 1 aromatic rings. The summed E-state index contributed by atoms with van der Waals surface area (Å²) in [5.74, 6) is 5.06. The van der Waals surface area contributed by atoms with Crippen molar-refractivity contribution >= 4 is 23.1 Å². The van der Waals surface area contributed by atoms with Crippen LogP contribution in [0.3, 0.4) is 0 Å². The maximum absolute atomic E-state index is 6.04. The van der Waals surface area contributed by atoms with Crippen molar-refractivity contribution < 1.29 is 4.74 Å². The minimum absolute atomic E-state index is 0.674. The van der Waals surface area contributed by atoms with Crippen LogP contribution in [0.4, 0.5) is 11.4 Å². The van der Waals surface area contributed by atoms with Gasteiger partial charge in [-0.25, -0.2) is 0 Å². The lowest BCUT2D eigenvalue weighted by atomic mass is 10.2. The van der Waals surface area contributed by atoms with Crippen molar-refractivity contribution in [2.24, 2.45) is 0 Å². The van der Waals surface area contributed by atoms with Crippen LogP contribution in [-0.4, -0.2) is 24.7 Å². The average Bonchev–Trinajstić information content (AvgIpc) is 2.39. The van der Waals surface area contributed by atoms with Crippen molar-refractivity contribution in [1.29, 1.82) is 0 Å². The Labute approximate surface area is 113 Å². The molecule has 0 fully saturated rings. The summed E-state index contributed by atoms with van der Waals surface area (Å²) in [6.07, 6.45) is 6.16. The number of ether oxygens (including phenoxy) is 1. The van der Waals surface area contributed by atoms with Crippen LogP contribution in [0.5, 0.6) is 5.75 Å². The van der Waals surface area contributed by atoms with Crippen LogP contribution >= 0.6 is 11.8 Å². The van der Waals surface area contributed by atoms with Gasteiger partial charge in [0.2, 0.25) is 0 Å². The second-order valence-corrected chi connectivity index (χ2v) is 4.85. The SMILES string of the molecule is C#CCSCCNc1cccc(OCCC)c1N. The average molecular weight is 264 g/mol. The molecule has 0 aliphatic carbocycles. The molecule has 4 heteroatoms. The van der Waals surface area contributed by atoms with Crippen LogP contribution in [0.2, 0.25) is 0 Å². The van der Waals surface area contributed by atoms with Crippen molar-refractivity contribution in [2.75, 3.05) is 35.7 Å². The van der Waals surface area contributed by atoms with E-state index < -0.39 is 0 Å². The smallest absolute Gasteiger partial charge is 0.144 e. The molecular weight excluding hydrogens is 244 g/mol. The number of benzene rings is 1. The third-order valence-electron chi connectivity index (χ3n) is 2.28. The van der Waals surface area contributed by atoms with Gasteiger partial charge in [0.25, 0.3) is 0 Å². The summed E-state index contributed by atoms with van der Waals surface area (Å²) in [6, 6.07) is 5.79. The number of para-hydroxylation sites is 1. The largest absolute Gasteiger partial charge is 0.491 e. The highest BCUT2D eigenvalue weighted by Gasteiger charge is 2.04. The summed E-state index contributed by atoms with van der Waals surface area (Å²) >= 11 is 1.73. The fourth-order valence-corrected chi connectivity index (χ4v) is 1.93. The fraction of sp³-hybridized carbons (Fsp3) is 0.429. The van der Waals surface area contributed by atoms with E-state index in [1.54, 1.807) is 11.8 Å². The standard InChI is InChI=1S/C14H20N2OS/c1-3-9-17-13-7-5-6-12(14(13)15)16-8-11-18-10-4-2/h2,5-7,16H,3,8-11,15H2,1H3. The molecule has 0 aliphatic heterocycles. The Morgan fingerprint density at radius 1 is 1.50 bits per heavy atom. The van der Waals surface area contributed by atoms with E-state index in [0.717, 1.165) is 35.9 Å². The fourth-order valence-electron chi connectivity index (χ4n) is 1.43. The number of hydrogen-bond donors (Lipinski definition) is 2. The molecule has 0 saturated heterocycles. The summed E-state index contributed by atoms with van der Waals surface area (Å²) in [4.78, 5) is 0. The number of nitrogen functional groups attached to an aromatic ring is 1. The first-order chi connectivity index (χ1) is 8.79. The predicted molar refractivity (Wildman–Crippen MR) is 81.3 cm³/mol. The second kappa shape index (κ2) is 8.60. The summed E-state index contributed by atoms with van der Waals surface area (Å²) < 4.78 is 5.57. The molecular formula is C14H20N2OS. The number of nitrogens with one attached hydrogen (secondary N) is 1. The van der Waals surface area contributed by atoms with E-state index in [0.29, 0.717) is 12.3 Å². The molecule has 3 N–H and O–H groups in total. The Balaban J connectivity index is 2.47. The molecule has 0 heterocycles. The quantitative estimate of drug-likeness (QED) is 0.430. The minimum Gasteiger partial charge on any atom is -0.491 e. The van der Waals surface area contributed by atoms with Crippen molar-refractivity contribution in [3.8, 4) is 18.1 Å². The zero-order valence-corrected chi connectivity index (χ0v) is 11.6. The van der Waals surface area contributed by atoms with Gasteiger partial charge >= 0.3 is 0 Å². The molecule has 0 amide bonds. The van der Waals surface area contributed by atoms with Gasteiger partial charge in [-0.05, 0) is 18.6 Å². The number of terminal acetylenes is 1. The van der Waals surface area contributed by atoms with Gasteiger partial charge in [0, 0.05) is 12.3 Å². The molecule has 1 aromatic carbocycles. The van der Waals surface area contributed by atoms with Crippen LogP contribution < -0.4 is 15.8 Å². The number of hydrogen-bond acceptors (Lipinski definition) is 4. The van der Waals surface area contributed by atoms with Gasteiger partial charge in [0.05, 0.1) is 23.7 Å². The molecule has 0 atom stereocenters. The second-order valence-electron chi connectivity index (χ2n) is 3.75. The number of thioether (sulfide) groups is 1. The summed E-state index contributed by atoms with van der Waals surface area (Å²) in [5, 5.41) is 3.29. The minimum atomic E-state index is 0.674. The van der Waals surface area contributed by atoms with Gasteiger partial charge in [0.15, 0.2) is 0 Å². The highest BCUT2D eigenvalue weighted by Crippen LogP contribution is 2.29. The van der Waals surface area contributed by atoms with E-state index in [9.17, 15) is 0 Å². The first-order valence-corrected chi connectivity index (χ1v) is 7.21. The monoisotopic (exact) mass is 264 g/mol. The van der Waals surface area contributed by atoms with Gasteiger partial charge < -0.3 is 15.8 Å². The first-order valence-electron chi connectivity index (χ1n) is 6.06. The number of anilines is 2. The third-order valence-corrected chi connectivity index (χ3v) is 3.14. The Morgan fingerprint density at radius 3 is 3.06 bits per heavy atom. The molecule has 0 aromatic heterocycles. The summed E-state index contributed by atoms with van der Waals surface area (Å²) in [7, 11) is 0. The lowest BCUT2D eigenvalue weighted by molar-refractivity contribution is 0.319. The topological polar surface area (TPSA) is 47.3 Å². The molecule has 3 nitrogen and oxygen atoms in total. The van der Waals surface area contributed by atoms with Crippen LogP contribution in [0.25, 0.3) is 0 Å². The summed E-state index contributed by atoms with van der Waals surface area (Å²) in [5.41, 5.74) is 7.63. The van der Waals surface area contributed by atoms with E-state index >= 15 is 0 Å². The van der Waals surface area contributed by atoms with E-state index in [1.807, 2.05) is 18.2 Å². The van der Waals surface area contributed by atoms with Crippen molar-refractivity contribution in [3.05, 3.63) is 18.2 Å². The number of rotatable bonds is 8. The molecule has 98 valence electrons. The lowest BCUT2D eigenvalue weighted by Crippen LogP contribution is -2.08. The molecule has 0 unspecified atom stereocenters. The molecule has 0 spiro atoms. The number of nitrogens with two attached hydrogens (primary N) is 1. The van der Waals surface area contributed by atoms with Crippen LogP contribution in [-0.2, 0) is 0 Å². The van der Waals surface area contributed by atoms with Gasteiger partial charge in [-0.15, -0.1) is 18.2 Å².